The van der Waals surface area contributed by atoms with E-state index >= 15 is 0 Å². The minimum atomic E-state index is -0.700. The van der Waals surface area contributed by atoms with Gasteiger partial charge in [0.15, 0.2) is 0 Å². The average molecular weight is 415 g/mol. The van der Waals surface area contributed by atoms with Crippen molar-refractivity contribution in [2.24, 2.45) is 0 Å². The molecule has 1 heterocycles. The van der Waals surface area contributed by atoms with Gasteiger partial charge in [-0.3, -0.25) is 14.5 Å². The highest BCUT2D eigenvalue weighted by Gasteiger charge is 2.51. The summed E-state index contributed by atoms with van der Waals surface area (Å²) in [5.41, 5.74) is 1.17. The first-order valence-electron chi connectivity index (χ1n) is 10.2. The molecular formula is C21H29N5O4. The zero-order chi connectivity index (χ0) is 21.9. The molecule has 1 aliphatic carbocycles. The van der Waals surface area contributed by atoms with E-state index in [1.54, 1.807) is 32.3 Å². The normalized spacial score (nSPS) is 17.2. The second-order valence-electron chi connectivity index (χ2n) is 8.14. The van der Waals surface area contributed by atoms with Gasteiger partial charge in [-0.1, -0.05) is 18.9 Å². The number of urea groups is 2. The molecule has 2 aliphatic rings. The fourth-order valence-corrected chi connectivity index (χ4v) is 3.95. The largest absolute Gasteiger partial charge is 0.345 e. The standard InChI is InChI=1S/C21H29N5O4/c1-14-7-8-15(17(27)25(2)3)13-16(14)23-19(29)22-11-6-12-26-18(28)21(24-20(26)30)9-4-5-10-21/h7-8,13H,4-6,9-12H2,1-3H3,(H,24,30)(H2,22,23,29). The molecule has 9 heteroatoms. The summed E-state index contributed by atoms with van der Waals surface area (Å²) in [5, 5.41) is 8.33. The number of carbonyl (C=O) groups is 4. The third-order valence-corrected chi connectivity index (χ3v) is 5.69. The molecule has 0 atom stereocenters. The lowest BCUT2D eigenvalue weighted by atomic mass is 9.98. The van der Waals surface area contributed by atoms with E-state index in [0.717, 1.165) is 18.4 Å². The van der Waals surface area contributed by atoms with Crippen LogP contribution in [-0.4, -0.2) is 66.4 Å². The number of rotatable bonds is 6. The molecule has 1 aromatic rings. The van der Waals surface area contributed by atoms with Crippen molar-refractivity contribution in [1.29, 1.82) is 0 Å². The van der Waals surface area contributed by atoms with Gasteiger partial charge in [0.1, 0.15) is 5.54 Å². The zero-order valence-corrected chi connectivity index (χ0v) is 17.7. The van der Waals surface area contributed by atoms with E-state index in [2.05, 4.69) is 16.0 Å². The minimum Gasteiger partial charge on any atom is -0.345 e. The first kappa shape index (κ1) is 21.6. The molecule has 0 aromatic heterocycles. The molecule has 2 fully saturated rings. The maximum Gasteiger partial charge on any atom is 0.325 e. The Kier molecular flexibility index (Phi) is 6.28. The van der Waals surface area contributed by atoms with Crippen LogP contribution in [0.4, 0.5) is 15.3 Å². The Labute approximate surface area is 176 Å². The SMILES string of the molecule is Cc1ccc(C(=O)N(C)C)cc1NC(=O)NCCCN1C(=O)NC2(CCCC2)C1=O. The quantitative estimate of drug-likeness (QED) is 0.488. The van der Waals surface area contributed by atoms with Crippen LogP contribution in [0.1, 0.15) is 48.0 Å². The highest BCUT2D eigenvalue weighted by molar-refractivity contribution is 6.07. The summed E-state index contributed by atoms with van der Waals surface area (Å²) < 4.78 is 0. The van der Waals surface area contributed by atoms with Gasteiger partial charge in [0.2, 0.25) is 0 Å². The molecule has 1 aromatic carbocycles. The second kappa shape index (κ2) is 8.73. The third kappa shape index (κ3) is 4.39. The van der Waals surface area contributed by atoms with Crippen LogP contribution in [0.2, 0.25) is 0 Å². The Morgan fingerprint density at radius 2 is 1.90 bits per heavy atom. The number of hydrogen-bond acceptors (Lipinski definition) is 4. The molecule has 0 unspecified atom stereocenters. The summed E-state index contributed by atoms with van der Waals surface area (Å²) in [7, 11) is 3.34. The molecule has 1 spiro atoms. The van der Waals surface area contributed by atoms with Crippen LogP contribution in [0, 0.1) is 6.92 Å². The summed E-state index contributed by atoms with van der Waals surface area (Å²) >= 11 is 0. The number of nitrogens with one attached hydrogen (secondary N) is 3. The lowest BCUT2D eigenvalue weighted by Crippen LogP contribution is -2.44. The number of carbonyl (C=O) groups excluding carboxylic acids is 4. The Morgan fingerprint density at radius 1 is 1.20 bits per heavy atom. The van der Waals surface area contributed by atoms with Gasteiger partial charge in [-0.05, 0) is 43.9 Å². The predicted octanol–water partition coefficient (Wildman–Crippen LogP) is 2.07. The van der Waals surface area contributed by atoms with Crippen LogP contribution in [-0.2, 0) is 4.79 Å². The predicted molar refractivity (Wildman–Crippen MR) is 112 cm³/mol. The van der Waals surface area contributed by atoms with Crippen LogP contribution in [0.5, 0.6) is 0 Å². The Balaban J connectivity index is 1.48. The fraction of sp³-hybridized carbons (Fsp3) is 0.524. The van der Waals surface area contributed by atoms with E-state index < -0.39 is 11.6 Å². The van der Waals surface area contributed by atoms with Gasteiger partial charge < -0.3 is 20.9 Å². The van der Waals surface area contributed by atoms with Crippen molar-refractivity contribution >= 4 is 29.6 Å². The summed E-state index contributed by atoms with van der Waals surface area (Å²) in [4.78, 5) is 51.8. The van der Waals surface area contributed by atoms with Gasteiger partial charge >= 0.3 is 12.1 Å². The van der Waals surface area contributed by atoms with Crippen molar-refractivity contribution in [1.82, 2.24) is 20.4 Å². The van der Waals surface area contributed by atoms with Crippen molar-refractivity contribution in [2.45, 2.75) is 44.6 Å². The Bertz CT molecular complexity index is 861. The lowest BCUT2D eigenvalue weighted by Gasteiger charge is -2.20. The number of benzene rings is 1. The third-order valence-electron chi connectivity index (χ3n) is 5.69. The minimum absolute atomic E-state index is 0.146. The lowest BCUT2D eigenvalue weighted by molar-refractivity contribution is -0.131. The summed E-state index contributed by atoms with van der Waals surface area (Å²) in [6.45, 7) is 2.42. The zero-order valence-electron chi connectivity index (χ0n) is 17.7. The fourth-order valence-electron chi connectivity index (χ4n) is 3.95. The Morgan fingerprint density at radius 3 is 2.57 bits per heavy atom. The number of anilines is 1. The molecular weight excluding hydrogens is 386 g/mol. The molecule has 1 aliphatic heterocycles. The van der Waals surface area contributed by atoms with Crippen LogP contribution >= 0.6 is 0 Å². The van der Waals surface area contributed by atoms with Gasteiger partial charge in [-0.15, -0.1) is 0 Å². The van der Waals surface area contributed by atoms with Gasteiger partial charge in [0.05, 0.1) is 0 Å². The van der Waals surface area contributed by atoms with Gasteiger partial charge in [-0.2, -0.15) is 0 Å². The van der Waals surface area contributed by atoms with Crippen molar-refractivity contribution in [3.05, 3.63) is 29.3 Å². The number of hydrogen-bond donors (Lipinski definition) is 3. The molecule has 9 nitrogen and oxygen atoms in total. The van der Waals surface area contributed by atoms with Crippen molar-refractivity contribution in [3.8, 4) is 0 Å². The summed E-state index contributed by atoms with van der Waals surface area (Å²) in [6.07, 6.45) is 3.75. The van der Waals surface area contributed by atoms with E-state index in [4.69, 9.17) is 0 Å². The van der Waals surface area contributed by atoms with Gasteiger partial charge in [0.25, 0.3) is 11.8 Å². The van der Waals surface area contributed by atoms with Gasteiger partial charge in [0, 0.05) is 38.4 Å². The monoisotopic (exact) mass is 415 g/mol. The topological polar surface area (TPSA) is 111 Å². The molecule has 162 valence electrons. The molecule has 30 heavy (non-hydrogen) atoms. The highest BCUT2D eigenvalue weighted by Crippen LogP contribution is 2.34. The molecule has 0 bridgehead atoms. The number of amides is 6. The first-order chi connectivity index (χ1) is 14.2. The van der Waals surface area contributed by atoms with E-state index in [-0.39, 0.29) is 24.4 Å². The summed E-state index contributed by atoms with van der Waals surface area (Å²) in [5.74, 6) is -0.292. The van der Waals surface area contributed by atoms with E-state index in [0.29, 0.717) is 37.1 Å². The van der Waals surface area contributed by atoms with Crippen LogP contribution in [0.3, 0.4) is 0 Å². The number of aryl methyl sites for hydroxylation is 1. The number of nitrogens with zero attached hydrogens (tertiary/aromatic N) is 2. The van der Waals surface area contributed by atoms with Crippen molar-refractivity contribution in [3.63, 3.8) is 0 Å². The highest BCUT2D eigenvalue weighted by atomic mass is 16.2. The van der Waals surface area contributed by atoms with E-state index in [1.807, 2.05) is 6.92 Å². The first-order valence-corrected chi connectivity index (χ1v) is 10.2. The molecule has 6 amide bonds. The van der Waals surface area contributed by atoms with Crippen molar-refractivity contribution in [2.75, 3.05) is 32.5 Å². The maximum atomic E-state index is 12.6. The number of imide groups is 1. The smallest absolute Gasteiger partial charge is 0.325 e. The summed E-state index contributed by atoms with van der Waals surface area (Å²) in [6, 6.07) is 4.39. The maximum absolute atomic E-state index is 12.6. The Hall–Kier alpha value is -3.10. The molecule has 1 saturated carbocycles. The van der Waals surface area contributed by atoms with E-state index in [9.17, 15) is 19.2 Å². The average Bonchev–Trinajstić information content (AvgIpc) is 3.26. The van der Waals surface area contributed by atoms with E-state index in [1.165, 1.54) is 9.80 Å². The van der Waals surface area contributed by atoms with Crippen molar-refractivity contribution < 1.29 is 19.2 Å². The molecule has 1 saturated heterocycles. The van der Waals surface area contributed by atoms with Crippen LogP contribution in [0.25, 0.3) is 0 Å². The second-order valence-corrected chi connectivity index (χ2v) is 8.14. The van der Waals surface area contributed by atoms with Crippen LogP contribution < -0.4 is 16.0 Å². The van der Waals surface area contributed by atoms with Crippen LogP contribution in [0.15, 0.2) is 18.2 Å². The van der Waals surface area contributed by atoms with Gasteiger partial charge in [-0.25, -0.2) is 9.59 Å². The molecule has 3 rings (SSSR count). The molecule has 0 radical (unpaired) electrons. The molecule has 3 N–H and O–H groups in total.